The predicted octanol–water partition coefficient (Wildman–Crippen LogP) is 1.83. The van der Waals surface area contributed by atoms with Gasteiger partial charge in [0, 0.05) is 31.9 Å². The Kier molecular flexibility index (Phi) is 4.58. The fraction of sp³-hybridized carbons (Fsp3) is 0.357. The molecule has 4 nitrogen and oxygen atoms in total. The highest BCUT2D eigenvalue weighted by Gasteiger charge is 2.20. The van der Waals surface area contributed by atoms with Crippen molar-refractivity contribution in [2.45, 2.75) is 19.0 Å². The molecule has 1 atom stereocenters. The van der Waals surface area contributed by atoms with Gasteiger partial charge in [-0.05, 0) is 24.6 Å². The Morgan fingerprint density at radius 1 is 1.21 bits per heavy atom. The van der Waals surface area contributed by atoms with Crippen molar-refractivity contribution in [1.29, 1.82) is 0 Å². The maximum Gasteiger partial charge on any atom is 0.0649 e. The van der Waals surface area contributed by atoms with Crippen LogP contribution >= 0.6 is 12.4 Å². The highest BCUT2D eigenvalue weighted by Crippen LogP contribution is 2.15. The second-order valence-electron chi connectivity index (χ2n) is 4.85. The molecule has 0 unspecified atom stereocenters. The molecule has 2 aromatic rings. The normalized spacial score (nSPS) is 19.3. The topological polar surface area (TPSA) is 47.1 Å². The summed E-state index contributed by atoms with van der Waals surface area (Å²) in [5.74, 6) is 0. The molecule has 1 aromatic carbocycles. The van der Waals surface area contributed by atoms with E-state index in [9.17, 15) is 0 Å². The zero-order valence-electron chi connectivity index (χ0n) is 10.8. The first-order chi connectivity index (χ1) is 8.83. The molecule has 1 fully saturated rings. The van der Waals surface area contributed by atoms with Gasteiger partial charge in [0.1, 0.15) is 0 Å². The van der Waals surface area contributed by atoms with Crippen molar-refractivity contribution >= 4 is 12.4 Å². The van der Waals surface area contributed by atoms with Gasteiger partial charge in [-0.15, -0.1) is 12.4 Å². The second kappa shape index (κ2) is 6.19. The second-order valence-corrected chi connectivity index (χ2v) is 4.85. The van der Waals surface area contributed by atoms with Crippen LogP contribution in [0, 0.1) is 0 Å². The summed E-state index contributed by atoms with van der Waals surface area (Å²) in [4.78, 5) is 2.39. The lowest BCUT2D eigenvalue weighted by Gasteiger charge is -2.16. The molecule has 0 saturated carbocycles. The van der Waals surface area contributed by atoms with Gasteiger partial charge in [-0.3, -0.25) is 4.90 Å². The number of halogens is 1. The SMILES string of the molecule is Cl.N[C@H]1CCN(Cc2ccnn2-c2ccccc2)C1. The van der Waals surface area contributed by atoms with Crippen molar-refractivity contribution in [3.63, 3.8) is 0 Å². The number of rotatable bonds is 3. The number of aromatic nitrogens is 2. The Balaban J connectivity index is 0.00000133. The number of hydrogen-bond acceptors (Lipinski definition) is 3. The molecule has 0 amide bonds. The monoisotopic (exact) mass is 278 g/mol. The van der Waals surface area contributed by atoms with Crippen LogP contribution in [0.5, 0.6) is 0 Å². The minimum atomic E-state index is 0. The van der Waals surface area contributed by atoms with E-state index < -0.39 is 0 Å². The molecule has 2 N–H and O–H groups in total. The summed E-state index contributed by atoms with van der Waals surface area (Å²) >= 11 is 0. The zero-order chi connectivity index (χ0) is 12.4. The van der Waals surface area contributed by atoms with E-state index in [1.807, 2.05) is 29.1 Å². The molecule has 3 rings (SSSR count). The summed E-state index contributed by atoms with van der Waals surface area (Å²) in [7, 11) is 0. The minimum absolute atomic E-state index is 0. The minimum Gasteiger partial charge on any atom is -0.326 e. The molecule has 0 radical (unpaired) electrons. The molecule has 1 aromatic heterocycles. The molecule has 0 spiro atoms. The van der Waals surface area contributed by atoms with Crippen LogP contribution in [0.15, 0.2) is 42.6 Å². The first-order valence-corrected chi connectivity index (χ1v) is 6.39. The van der Waals surface area contributed by atoms with Crippen molar-refractivity contribution in [3.05, 3.63) is 48.3 Å². The number of hydrogen-bond donors (Lipinski definition) is 1. The van der Waals surface area contributed by atoms with Crippen molar-refractivity contribution in [2.24, 2.45) is 5.73 Å². The molecule has 102 valence electrons. The molecule has 1 aliphatic heterocycles. The third-order valence-corrected chi connectivity index (χ3v) is 3.42. The van der Waals surface area contributed by atoms with Gasteiger partial charge in [-0.25, -0.2) is 4.68 Å². The zero-order valence-corrected chi connectivity index (χ0v) is 11.6. The van der Waals surface area contributed by atoms with Crippen LogP contribution in [0.1, 0.15) is 12.1 Å². The van der Waals surface area contributed by atoms with E-state index in [4.69, 9.17) is 5.73 Å². The van der Waals surface area contributed by atoms with Gasteiger partial charge in [0.05, 0.1) is 11.4 Å². The van der Waals surface area contributed by atoms with E-state index in [0.717, 1.165) is 31.7 Å². The van der Waals surface area contributed by atoms with E-state index in [0.29, 0.717) is 6.04 Å². The smallest absolute Gasteiger partial charge is 0.0649 e. The van der Waals surface area contributed by atoms with Crippen molar-refractivity contribution in [2.75, 3.05) is 13.1 Å². The van der Waals surface area contributed by atoms with Gasteiger partial charge in [-0.2, -0.15) is 5.10 Å². The average Bonchev–Trinajstić information content (AvgIpc) is 3.00. The van der Waals surface area contributed by atoms with Gasteiger partial charge in [0.25, 0.3) is 0 Å². The van der Waals surface area contributed by atoms with Gasteiger partial charge in [0.2, 0.25) is 0 Å². The van der Waals surface area contributed by atoms with Crippen LogP contribution in [0.3, 0.4) is 0 Å². The largest absolute Gasteiger partial charge is 0.326 e. The number of likely N-dealkylation sites (tertiary alicyclic amines) is 1. The number of nitrogens with two attached hydrogens (primary N) is 1. The van der Waals surface area contributed by atoms with Crippen molar-refractivity contribution in [3.8, 4) is 5.69 Å². The summed E-state index contributed by atoms with van der Waals surface area (Å²) in [5, 5.41) is 4.41. The molecular weight excluding hydrogens is 260 g/mol. The average molecular weight is 279 g/mol. The predicted molar refractivity (Wildman–Crippen MR) is 78.7 cm³/mol. The Bertz CT molecular complexity index is 511. The Labute approximate surface area is 119 Å². The lowest BCUT2D eigenvalue weighted by atomic mass is 10.3. The van der Waals surface area contributed by atoms with Gasteiger partial charge >= 0.3 is 0 Å². The lowest BCUT2D eigenvalue weighted by Crippen LogP contribution is -2.27. The number of nitrogens with zero attached hydrogens (tertiary/aromatic N) is 3. The van der Waals surface area contributed by atoms with Crippen LogP contribution < -0.4 is 5.73 Å². The Morgan fingerprint density at radius 3 is 2.68 bits per heavy atom. The quantitative estimate of drug-likeness (QED) is 0.932. The molecule has 19 heavy (non-hydrogen) atoms. The van der Waals surface area contributed by atoms with Crippen molar-refractivity contribution in [1.82, 2.24) is 14.7 Å². The van der Waals surface area contributed by atoms with Crippen LogP contribution in [0.2, 0.25) is 0 Å². The van der Waals surface area contributed by atoms with E-state index in [-0.39, 0.29) is 12.4 Å². The fourth-order valence-corrected chi connectivity index (χ4v) is 2.49. The van der Waals surface area contributed by atoms with Crippen LogP contribution in [-0.2, 0) is 6.54 Å². The van der Waals surface area contributed by atoms with Crippen LogP contribution in [0.4, 0.5) is 0 Å². The third-order valence-electron chi connectivity index (χ3n) is 3.42. The maximum absolute atomic E-state index is 5.94. The molecule has 2 heterocycles. The number of para-hydroxylation sites is 1. The molecular formula is C14H19ClN4. The fourth-order valence-electron chi connectivity index (χ4n) is 2.49. The third kappa shape index (κ3) is 3.15. The van der Waals surface area contributed by atoms with E-state index in [2.05, 4.69) is 28.2 Å². The van der Waals surface area contributed by atoms with E-state index in [1.54, 1.807) is 0 Å². The van der Waals surface area contributed by atoms with Gasteiger partial charge < -0.3 is 5.73 Å². The first kappa shape index (κ1) is 14.1. The van der Waals surface area contributed by atoms with E-state index in [1.165, 1.54) is 5.69 Å². The van der Waals surface area contributed by atoms with Gasteiger partial charge in [-0.1, -0.05) is 18.2 Å². The summed E-state index contributed by atoms with van der Waals surface area (Å²) in [6.45, 7) is 2.99. The maximum atomic E-state index is 5.94. The molecule has 5 heteroatoms. The molecule has 0 bridgehead atoms. The lowest BCUT2D eigenvalue weighted by molar-refractivity contribution is 0.319. The summed E-state index contributed by atoms with van der Waals surface area (Å²) < 4.78 is 2.00. The molecule has 0 aliphatic carbocycles. The van der Waals surface area contributed by atoms with E-state index >= 15 is 0 Å². The Hall–Kier alpha value is -1.36. The van der Waals surface area contributed by atoms with Crippen molar-refractivity contribution < 1.29 is 0 Å². The highest BCUT2D eigenvalue weighted by molar-refractivity contribution is 5.85. The highest BCUT2D eigenvalue weighted by atomic mass is 35.5. The van der Waals surface area contributed by atoms with Crippen LogP contribution in [0.25, 0.3) is 5.69 Å². The van der Waals surface area contributed by atoms with Gasteiger partial charge in [0.15, 0.2) is 0 Å². The molecule has 1 aliphatic rings. The Morgan fingerprint density at radius 2 is 2.00 bits per heavy atom. The summed E-state index contributed by atoms with van der Waals surface area (Å²) in [5.41, 5.74) is 8.27. The summed E-state index contributed by atoms with van der Waals surface area (Å²) in [6.07, 6.45) is 2.96. The standard InChI is InChI=1S/C14H18N4.ClH/c15-12-7-9-17(10-12)11-14-6-8-16-18(14)13-4-2-1-3-5-13;/h1-6,8,12H,7,9-11,15H2;1H/t12-;/m0./s1. The number of benzene rings is 1. The summed E-state index contributed by atoms with van der Waals surface area (Å²) in [6, 6.07) is 12.7. The van der Waals surface area contributed by atoms with Crippen LogP contribution in [-0.4, -0.2) is 33.8 Å². The molecule has 1 saturated heterocycles. The first-order valence-electron chi connectivity index (χ1n) is 6.39.